The SMILES string of the molecule is Cn1cc(Cn2c(=O)n(C)c3ncc(Br)cc32)cn1. The Kier molecular flexibility index (Phi) is 2.78. The summed E-state index contributed by atoms with van der Waals surface area (Å²) in [5.74, 6) is 0. The Hall–Kier alpha value is -1.89. The topological polar surface area (TPSA) is 57.6 Å². The Morgan fingerprint density at radius 1 is 1.32 bits per heavy atom. The summed E-state index contributed by atoms with van der Waals surface area (Å²) in [4.78, 5) is 16.5. The largest absolute Gasteiger partial charge is 0.330 e. The Bertz CT molecular complexity index is 813. The van der Waals surface area contributed by atoms with Crippen molar-refractivity contribution in [1.82, 2.24) is 23.9 Å². The van der Waals surface area contributed by atoms with Crippen molar-refractivity contribution in [2.45, 2.75) is 6.54 Å². The maximum Gasteiger partial charge on any atom is 0.330 e. The van der Waals surface area contributed by atoms with Crippen molar-refractivity contribution in [3.8, 4) is 0 Å². The lowest BCUT2D eigenvalue weighted by Crippen LogP contribution is -2.22. The van der Waals surface area contributed by atoms with E-state index in [0.29, 0.717) is 12.2 Å². The molecule has 98 valence electrons. The Balaban J connectivity index is 2.19. The molecule has 0 atom stereocenters. The van der Waals surface area contributed by atoms with Gasteiger partial charge < -0.3 is 0 Å². The van der Waals surface area contributed by atoms with Crippen LogP contribution in [0.25, 0.3) is 11.2 Å². The maximum atomic E-state index is 12.3. The molecule has 0 radical (unpaired) electrons. The van der Waals surface area contributed by atoms with Crippen LogP contribution in [0.2, 0.25) is 0 Å². The zero-order valence-corrected chi connectivity index (χ0v) is 12.1. The molecule has 6 nitrogen and oxygen atoms in total. The molecule has 0 unspecified atom stereocenters. The molecule has 0 bridgehead atoms. The van der Waals surface area contributed by atoms with E-state index in [1.54, 1.807) is 33.3 Å². The summed E-state index contributed by atoms with van der Waals surface area (Å²) >= 11 is 3.39. The van der Waals surface area contributed by atoms with Gasteiger partial charge in [0.2, 0.25) is 0 Å². The van der Waals surface area contributed by atoms with Crippen LogP contribution in [0.3, 0.4) is 0 Å². The van der Waals surface area contributed by atoms with Gasteiger partial charge in [-0.05, 0) is 22.0 Å². The highest BCUT2D eigenvalue weighted by Gasteiger charge is 2.12. The first-order valence-corrected chi connectivity index (χ1v) is 6.54. The van der Waals surface area contributed by atoms with Crippen molar-refractivity contribution < 1.29 is 0 Å². The Morgan fingerprint density at radius 2 is 2.11 bits per heavy atom. The fourth-order valence-corrected chi connectivity index (χ4v) is 2.46. The summed E-state index contributed by atoms with van der Waals surface area (Å²) in [7, 11) is 3.58. The minimum absolute atomic E-state index is 0.0792. The summed E-state index contributed by atoms with van der Waals surface area (Å²) in [5.41, 5.74) is 2.39. The van der Waals surface area contributed by atoms with Crippen LogP contribution in [0, 0.1) is 0 Å². The van der Waals surface area contributed by atoms with E-state index < -0.39 is 0 Å². The third kappa shape index (κ3) is 1.99. The lowest BCUT2D eigenvalue weighted by atomic mass is 10.3. The van der Waals surface area contributed by atoms with Crippen LogP contribution in [0.5, 0.6) is 0 Å². The summed E-state index contributed by atoms with van der Waals surface area (Å²) < 4.78 is 5.83. The first-order chi connectivity index (χ1) is 9.06. The van der Waals surface area contributed by atoms with Crippen LogP contribution in [0.1, 0.15) is 5.56 Å². The standard InChI is InChI=1S/C12H12BrN5O/c1-16-6-8(4-15-16)7-18-10-3-9(13)5-14-11(10)17(2)12(18)19/h3-6H,7H2,1-2H3. The zero-order chi connectivity index (χ0) is 13.6. The van der Waals surface area contributed by atoms with Crippen molar-refractivity contribution in [2.24, 2.45) is 14.1 Å². The van der Waals surface area contributed by atoms with Gasteiger partial charge in [-0.3, -0.25) is 13.8 Å². The van der Waals surface area contributed by atoms with Gasteiger partial charge in [0.05, 0.1) is 18.3 Å². The number of hydrogen-bond acceptors (Lipinski definition) is 3. The highest BCUT2D eigenvalue weighted by Crippen LogP contribution is 2.16. The zero-order valence-electron chi connectivity index (χ0n) is 10.5. The lowest BCUT2D eigenvalue weighted by molar-refractivity contribution is 0.731. The molecular formula is C12H12BrN5O. The summed E-state index contributed by atoms with van der Waals surface area (Å²) in [6, 6.07) is 1.90. The molecule has 3 aromatic rings. The van der Waals surface area contributed by atoms with Gasteiger partial charge >= 0.3 is 5.69 Å². The molecule has 3 rings (SSSR count). The van der Waals surface area contributed by atoms with Gasteiger partial charge in [0.25, 0.3) is 0 Å². The third-order valence-corrected chi connectivity index (χ3v) is 3.47. The van der Waals surface area contributed by atoms with Crippen LogP contribution in [0.4, 0.5) is 0 Å². The van der Waals surface area contributed by atoms with Gasteiger partial charge in [-0.15, -0.1) is 0 Å². The van der Waals surface area contributed by atoms with E-state index in [1.165, 1.54) is 0 Å². The van der Waals surface area contributed by atoms with Crippen molar-refractivity contribution in [3.05, 3.63) is 45.2 Å². The molecular weight excluding hydrogens is 310 g/mol. The predicted molar refractivity (Wildman–Crippen MR) is 75.0 cm³/mol. The molecule has 0 aliphatic carbocycles. The van der Waals surface area contributed by atoms with Crippen LogP contribution in [-0.4, -0.2) is 23.9 Å². The maximum absolute atomic E-state index is 12.3. The van der Waals surface area contributed by atoms with Crippen LogP contribution in [0.15, 0.2) is 33.9 Å². The van der Waals surface area contributed by atoms with E-state index >= 15 is 0 Å². The predicted octanol–water partition coefficient (Wildman–Crippen LogP) is 1.28. The number of aromatic nitrogens is 5. The Morgan fingerprint density at radius 3 is 2.79 bits per heavy atom. The first-order valence-electron chi connectivity index (χ1n) is 5.74. The molecule has 0 aliphatic heterocycles. The third-order valence-electron chi connectivity index (χ3n) is 3.04. The van der Waals surface area contributed by atoms with Crippen LogP contribution < -0.4 is 5.69 Å². The van der Waals surface area contributed by atoms with Crippen molar-refractivity contribution in [3.63, 3.8) is 0 Å². The molecule has 0 N–H and O–H groups in total. The van der Waals surface area contributed by atoms with E-state index in [0.717, 1.165) is 15.6 Å². The number of imidazole rings is 1. The van der Waals surface area contributed by atoms with Crippen LogP contribution >= 0.6 is 15.9 Å². The van der Waals surface area contributed by atoms with Gasteiger partial charge in [-0.1, -0.05) is 0 Å². The average Bonchev–Trinajstić information content (AvgIpc) is 2.88. The number of rotatable bonds is 2. The van der Waals surface area contributed by atoms with Gasteiger partial charge in [-0.2, -0.15) is 5.10 Å². The van der Waals surface area contributed by atoms with E-state index in [-0.39, 0.29) is 5.69 Å². The van der Waals surface area contributed by atoms with Crippen molar-refractivity contribution >= 4 is 27.1 Å². The lowest BCUT2D eigenvalue weighted by Gasteiger charge is -2.00. The second-order valence-corrected chi connectivity index (χ2v) is 5.36. The van der Waals surface area contributed by atoms with Gasteiger partial charge in [0, 0.05) is 36.5 Å². The van der Waals surface area contributed by atoms with Gasteiger partial charge in [0.1, 0.15) is 0 Å². The number of nitrogens with zero attached hydrogens (tertiary/aromatic N) is 5. The van der Waals surface area contributed by atoms with Crippen LogP contribution in [-0.2, 0) is 20.6 Å². The summed E-state index contributed by atoms with van der Waals surface area (Å²) in [6.07, 6.45) is 5.35. The number of halogens is 1. The molecule has 0 fully saturated rings. The summed E-state index contributed by atoms with van der Waals surface area (Å²) in [5, 5.41) is 4.12. The number of fused-ring (bicyclic) bond motifs is 1. The molecule has 3 aromatic heterocycles. The molecule has 0 spiro atoms. The molecule has 7 heteroatoms. The minimum Gasteiger partial charge on any atom is -0.286 e. The normalized spacial score (nSPS) is 11.3. The molecule has 19 heavy (non-hydrogen) atoms. The smallest absolute Gasteiger partial charge is 0.286 e. The quantitative estimate of drug-likeness (QED) is 0.714. The van der Waals surface area contributed by atoms with Gasteiger partial charge in [-0.25, -0.2) is 9.78 Å². The van der Waals surface area contributed by atoms with Crippen molar-refractivity contribution in [1.29, 1.82) is 0 Å². The fraction of sp³-hybridized carbons (Fsp3) is 0.250. The summed E-state index contributed by atoms with van der Waals surface area (Å²) in [6.45, 7) is 0.488. The molecule has 0 saturated carbocycles. The average molecular weight is 322 g/mol. The van der Waals surface area contributed by atoms with Gasteiger partial charge in [0.15, 0.2) is 5.65 Å². The highest BCUT2D eigenvalue weighted by atomic mass is 79.9. The second kappa shape index (κ2) is 4.34. The monoisotopic (exact) mass is 321 g/mol. The molecule has 0 saturated heterocycles. The first kappa shape index (κ1) is 12.2. The number of hydrogen-bond donors (Lipinski definition) is 0. The Labute approximate surface area is 117 Å². The molecule has 0 aromatic carbocycles. The fourth-order valence-electron chi connectivity index (χ4n) is 2.14. The number of aryl methyl sites for hydroxylation is 2. The molecule has 0 aliphatic rings. The van der Waals surface area contributed by atoms with E-state index in [9.17, 15) is 4.79 Å². The van der Waals surface area contributed by atoms with Crippen molar-refractivity contribution in [2.75, 3.05) is 0 Å². The highest BCUT2D eigenvalue weighted by molar-refractivity contribution is 9.10. The van der Waals surface area contributed by atoms with E-state index in [2.05, 4.69) is 26.0 Å². The van der Waals surface area contributed by atoms with E-state index in [1.807, 2.05) is 19.3 Å². The van der Waals surface area contributed by atoms with E-state index in [4.69, 9.17) is 0 Å². The number of pyridine rings is 1. The second-order valence-electron chi connectivity index (χ2n) is 4.45. The molecule has 3 heterocycles. The molecule has 0 amide bonds. The minimum atomic E-state index is -0.0792.